The Morgan fingerprint density at radius 3 is 3.00 bits per heavy atom. The van der Waals surface area contributed by atoms with Crippen LogP contribution < -0.4 is 11.1 Å². The zero-order valence-corrected chi connectivity index (χ0v) is 11.4. The summed E-state index contributed by atoms with van der Waals surface area (Å²) in [7, 11) is 0. The molecule has 1 amide bonds. The van der Waals surface area contributed by atoms with Gasteiger partial charge in [-0.15, -0.1) is 0 Å². The fourth-order valence-electron chi connectivity index (χ4n) is 1.97. The van der Waals surface area contributed by atoms with Crippen LogP contribution in [0.2, 0.25) is 0 Å². The molecule has 0 spiro atoms. The summed E-state index contributed by atoms with van der Waals surface area (Å²) in [5.74, 6) is 0.216. The number of amides is 1. The SMILES string of the molecule is NC(=S)c1ccc(C(=O)NCC2CCCOC2)nc1. The van der Waals surface area contributed by atoms with Gasteiger partial charge in [0.1, 0.15) is 10.7 Å². The minimum Gasteiger partial charge on any atom is -0.389 e. The highest BCUT2D eigenvalue weighted by Gasteiger charge is 2.15. The highest BCUT2D eigenvalue weighted by atomic mass is 32.1. The molecule has 19 heavy (non-hydrogen) atoms. The van der Waals surface area contributed by atoms with Crippen LogP contribution in [0.15, 0.2) is 18.3 Å². The van der Waals surface area contributed by atoms with Gasteiger partial charge in [0.25, 0.3) is 5.91 Å². The molecule has 1 atom stereocenters. The first kappa shape index (κ1) is 13.9. The number of hydrogen-bond donors (Lipinski definition) is 2. The summed E-state index contributed by atoms with van der Waals surface area (Å²) in [6.45, 7) is 2.16. The molecule has 3 N–H and O–H groups in total. The van der Waals surface area contributed by atoms with Crippen molar-refractivity contribution in [2.24, 2.45) is 11.7 Å². The van der Waals surface area contributed by atoms with Crippen molar-refractivity contribution < 1.29 is 9.53 Å². The lowest BCUT2D eigenvalue weighted by Gasteiger charge is -2.22. The summed E-state index contributed by atoms with van der Waals surface area (Å²) >= 11 is 4.83. The molecule has 1 unspecified atom stereocenters. The molecule has 6 heteroatoms. The molecule has 5 nitrogen and oxygen atoms in total. The van der Waals surface area contributed by atoms with Crippen molar-refractivity contribution in [3.63, 3.8) is 0 Å². The van der Waals surface area contributed by atoms with Crippen LogP contribution in [-0.2, 0) is 4.74 Å². The Labute approximate surface area is 117 Å². The number of aromatic nitrogens is 1. The first-order valence-electron chi connectivity index (χ1n) is 6.28. The zero-order valence-electron chi connectivity index (χ0n) is 10.6. The summed E-state index contributed by atoms with van der Waals surface area (Å²) in [6, 6.07) is 3.33. The number of nitrogens with two attached hydrogens (primary N) is 1. The molecule has 102 valence electrons. The van der Waals surface area contributed by atoms with Crippen LogP contribution in [0.3, 0.4) is 0 Å². The van der Waals surface area contributed by atoms with Gasteiger partial charge in [0.15, 0.2) is 0 Å². The molecule has 0 bridgehead atoms. The average Bonchev–Trinajstić information content (AvgIpc) is 2.46. The van der Waals surface area contributed by atoms with Gasteiger partial charge in [-0.2, -0.15) is 0 Å². The van der Waals surface area contributed by atoms with Gasteiger partial charge in [-0.25, -0.2) is 0 Å². The van der Waals surface area contributed by atoms with Crippen molar-refractivity contribution in [3.05, 3.63) is 29.6 Å². The number of thiocarbonyl (C=S) groups is 1. The van der Waals surface area contributed by atoms with E-state index in [0.717, 1.165) is 19.4 Å². The van der Waals surface area contributed by atoms with Crippen LogP contribution in [-0.4, -0.2) is 35.6 Å². The Morgan fingerprint density at radius 1 is 1.58 bits per heavy atom. The first-order valence-corrected chi connectivity index (χ1v) is 6.69. The van der Waals surface area contributed by atoms with Gasteiger partial charge < -0.3 is 15.8 Å². The molecule has 1 aromatic rings. The third-order valence-electron chi connectivity index (χ3n) is 3.09. The Kier molecular flexibility index (Phi) is 4.81. The maximum absolute atomic E-state index is 11.9. The Hall–Kier alpha value is -1.53. The molecular weight excluding hydrogens is 262 g/mol. The standard InChI is InChI=1S/C13H17N3O2S/c14-12(19)10-3-4-11(15-7-10)13(17)16-6-9-2-1-5-18-8-9/h3-4,7,9H,1-2,5-6,8H2,(H2,14,19)(H,16,17). The molecule has 1 aromatic heterocycles. The highest BCUT2D eigenvalue weighted by Crippen LogP contribution is 2.12. The minimum absolute atomic E-state index is 0.180. The van der Waals surface area contributed by atoms with Gasteiger partial charge in [-0.1, -0.05) is 12.2 Å². The summed E-state index contributed by atoms with van der Waals surface area (Å²) in [4.78, 5) is 16.2. The summed E-state index contributed by atoms with van der Waals surface area (Å²) in [5, 5.41) is 2.87. The first-order chi connectivity index (χ1) is 9.16. The monoisotopic (exact) mass is 279 g/mol. The number of pyridine rings is 1. The van der Waals surface area contributed by atoms with E-state index in [1.165, 1.54) is 6.20 Å². The Bertz CT molecular complexity index is 455. The minimum atomic E-state index is -0.180. The lowest BCUT2D eigenvalue weighted by atomic mass is 10.0. The van der Waals surface area contributed by atoms with E-state index in [-0.39, 0.29) is 10.9 Å². The van der Waals surface area contributed by atoms with E-state index in [4.69, 9.17) is 22.7 Å². The molecule has 1 aliphatic rings. The lowest BCUT2D eigenvalue weighted by molar-refractivity contribution is 0.0535. The van der Waals surface area contributed by atoms with Gasteiger partial charge in [-0.05, 0) is 30.9 Å². The number of nitrogens with one attached hydrogen (secondary N) is 1. The van der Waals surface area contributed by atoms with E-state index in [1.807, 2.05) is 0 Å². The molecule has 0 aliphatic carbocycles. The normalized spacial score (nSPS) is 18.8. The Morgan fingerprint density at radius 2 is 2.42 bits per heavy atom. The second-order valence-electron chi connectivity index (χ2n) is 4.59. The number of carbonyl (C=O) groups is 1. The van der Waals surface area contributed by atoms with Crippen molar-refractivity contribution in [3.8, 4) is 0 Å². The number of carbonyl (C=O) groups excluding carboxylic acids is 1. The predicted octanol–water partition coefficient (Wildman–Crippen LogP) is 0.872. The van der Waals surface area contributed by atoms with Gasteiger partial charge in [0.05, 0.1) is 6.61 Å². The number of rotatable bonds is 4. The van der Waals surface area contributed by atoms with Crippen LogP contribution in [0.5, 0.6) is 0 Å². The summed E-state index contributed by atoms with van der Waals surface area (Å²) in [6.07, 6.45) is 3.66. The van der Waals surface area contributed by atoms with Crippen molar-refractivity contribution in [2.45, 2.75) is 12.8 Å². The van der Waals surface area contributed by atoms with Crippen molar-refractivity contribution in [1.29, 1.82) is 0 Å². The van der Waals surface area contributed by atoms with Gasteiger partial charge in [0.2, 0.25) is 0 Å². The van der Waals surface area contributed by atoms with Crippen molar-refractivity contribution in [1.82, 2.24) is 10.3 Å². The molecule has 0 radical (unpaired) electrons. The third kappa shape index (κ3) is 3.97. The maximum Gasteiger partial charge on any atom is 0.269 e. The van der Waals surface area contributed by atoms with E-state index in [9.17, 15) is 4.79 Å². The zero-order chi connectivity index (χ0) is 13.7. The van der Waals surface area contributed by atoms with E-state index in [0.29, 0.717) is 30.3 Å². The second-order valence-corrected chi connectivity index (χ2v) is 5.03. The van der Waals surface area contributed by atoms with Crippen LogP contribution >= 0.6 is 12.2 Å². The molecule has 2 heterocycles. The average molecular weight is 279 g/mol. The molecule has 1 saturated heterocycles. The second kappa shape index (κ2) is 6.58. The van der Waals surface area contributed by atoms with Crippen molar-refractivity contribution >= 4 is 23.1 Å². The number of hydrogen-bond acceptors (Lipinski definition) is 4. The van der Waals surface area contributed by atoms with Gasteiger partial charge >= 0.3 is 0 Å². The van der Waals surface area contributed by atoms with E-state index in [2.05, 4.69) is 10.3 Å². The quantitative estimate of drug-likeness (QED) is 0.800. The largest absolute Gasteiger partial charge is 0.389 e. The summed E-state index contributed by atoms with van der Waals surface area (Å²) in [5.41, 5.74) is 6.50. The van der Waals surface area contributed by atoms with Crippen LogP contribution in [0, 0.1) is 5.92 Å². The van der Waals surface area contributed by atoms with Gasteiger partial charge in [-0.3, -0.25) is 9.78 Å². The molecular formula is C13H17N3O2S. The maximum atomic E-state index is 11.9. The number of nitrogens with zero attached hydrogens (tertiary/aromatic N) is 1. The fourth-order valence-corrected chi connectivity index (χ4v) is 2.09. The predicted molar refractivity (Wildman–Crippen MR) is 76.0 cm³/mol. The third-order valence-corrected chi connectivity index (χ3v) is 3.32. The molecule has 1 aliphatic heterocycles. The number of ether oxygens (including phenoxy) is 1. The lowest BCUT2D eigenvalue weighted by Crippen LogP contribution is -2.33. The summed E-state index contributed by atoms with van der Waals surface area (Å²) < 4.78 is 5.37. The Balaban J connectivity index is 1.86. The molecule has 0 saturated carbocycles. The highest BCUT2D eigenvalue weighted by molar-refractivity contribution is 7.80. The van der Waals surface area contributed by atoms with Crippen LogP contribution in [0.25, 0.3) is 0 Å². The van der Waals surface area contributed by atoms with Crippen LogP contribution in [0.1, 0.15) is 28.9 Å². The van der Waals surface area contributed by atoms with Gasteiger partial charge in [0, 0.05) is 24.9 Å². The van der Waals surface area contributed by atoms with Crippen molar-refractivity contribution in [2.75, 3.05) is 19.8 Å². The smallest absolute Gasteiger partial charge is 0.269 e. The molecule has 0 aromatic carbocycles. The molecule has 2 rings (SSSR count). The fraction of sp³-hybridized carbons (Fsp3) is 0.462. The van der Waals surface area contributed by atoms with E-state index < -0.39 is 0 Å². The molecule has 1 fully saturated rings. The topological polar surface area (TPSA) is 77.2 Å². The van der Waals surface area contributed by atoms with E-state index in [1.54, 1.807) is 12.1 Å². The van der Waals surface area contributed by atoms with E-state index >= 15 is 0 Å². The van der Waals surface area contributed by atoms with Crippen LogP contribution in [0.4, 0.5) is 0 Å².